The summed E-state index contributed by atoms with van der Waals surface area (Å²) in [5.74, 6) is 0.457. The highest BCUT2D eigenvalue weighted by atomic mass is 32.2. The smallest absolute Gasteiger partial charge is 0.263 e. The Kier molecular flexibility index (Phi) is 3.75. The first-order valence-electron chi connectivity index (χ1n) is 6.87. The standard InChI is InChI=1S/C16H16N2O2S/c19-21(20)15-11-5-4-10-14(15)16(18-21)17-12-6-9-13-7-2-1-3-8-13/h1-5,7-8,10-11H,6,9,12H2,(H,17,18). The fraction of sp³-hybridized carbons (Fsp3) is 0.188. The highest BCUT2D eigenvalue weighted by molar-refractivity contribution is 7.90. The van der Waals surface area contributed by atoms with Crippen LogP contribution in [0, 0.1) is 0 Å². The van der Waals surface area contributed by atoms with Gasteiger partial charge in [-0.3, -0.25) is 9.71 Å². The Morgan fingerprint density at radius 3 is 2.48 bits per heavy atom. The number of amidine groups is 1. The molecule has 1 aliphatic rings. The number of hydrogen-bond acceptors (Lipinski definition) is 3. The summed E-state index contributed by atoms with van der Waals surface area (Å²) >= 11 is 0. The maximum absolute atomic E-state index is 11.9. The quantitative estimate of drug-likeness (QED) is 0.881. The van der Waals surface area contributed by atoms with Gasteiger partial charge < -0.3 is 0 Å². The summed E-state index contributed by atoms with van der Waals surface area (Å²) < 4.78 is 26.4. The minimum atomic E-state index is -3.42. The van der Waals surface area contributed by atoms with Crippen molar-refractivity contribution in [3.05, 3.63) is 65.7 Å². The molecule has 0 spiro atoms. The fourth-order valence-electron chi connectivity index (χ4n) is 2.37. The zero-order chi connectivity index (χ0) is 14.7. The molecule has 1 aliphatic heterocycles. The Hall–Kier alpha value is -2.14. The molecule has 0 saturated carbocycles. The van der Waals surface area contributed by atoms with E-state index < -0.39 is 10.0 Å². The number of sulfonamides is 1. The first kappa shape index (κ1) is 13.8. The van der Waals surface area contributed by atoms with E-state index >= 15 is 0 Å². The van der Waals surface area contributed by atoms with Gasteiger partial charge in [-0.15, -0.1) is 0 Å². The van der Waals surface area contributed by atoms with Crippen molar-refractivity contribution in [1.29, 1.82) is 0 Å². The highest BCUT2D eigenvalue weighted by Crippen LogP contribution is 2.22. The van der Waals surface area contributed by atoms with Crippen LogP contribution in [0.2, 0.25) is 0 Å². The van der Waals surface area contributed by atoms with Crippen molar-refractivity contribution in [2.45, 2.75) is 17.7 Å². The number of aryl methyl sites for hydroxylation is 1. The molecule has 0 aromatic heterocycles. The van der Waals surface area contributed by atoms with Gasteiger partial charge in [0.1, 0.15) is 5.84 Å². The second-order valence-corrected chi connectivity index (χ2v) is 6.57. The molecule has 0 fully saturated rings. The second-order valence-electron chi connectivity index (χ2n) is 4.92. The van der Waals surface area contributed by atoms with Crippen molar-refractivity contribution >= 4 is 15.9 Å². The number of benzene rings is 2. The zero-order valence-electron chi connectivity index (χ0n) is 11.5. The molecule has 1 heterocycles. The van der Waals surface area contributed by atoms with Gasteiger partial charge in [0.15, 0.2) is 0 Å². The lowest BCUT2D eigenvalue weighted by Crippen LogP contribution is -2.22. The van der Waals surface area contributed by atoms with E-state index in [9.17, 15) is 8.42 Å². The van der Waals surface area contributed by atoms with Crippen LogP contribution in [-0.4, -0.2) is 20.8 Å². The van der Waals surface area contributed by atoms with E-state index in [0.717, 1.165) is 12.8 Å². The van der Waals surface area contributed by atoms with E-state index in [4.69, 9.17) is 0 Å². The lowest BCUT2D eigenvalue weighted by molar-refractivity contribution is 0.595. The molecule has 0 amide bonds. The van der Waals surface area contributed by atoms with Gasteiger partial charge in [0, 0.05) is 12.1 Å². The number of fused-ring (bicyclic) bond motifs is 1. The van der Waals surface area contributed by atoms with Crippen LogP contribution in [-0.2, 0) is 16.4 Å². The molecule has 2 aromatic carbocycles. The van der Waals surface area contributed by atoms with Crippen LogP contribution in [0.5, 0.6) is 0 Å². The minimum Gasteiger partial charge on any atom is -0.267 e. The molecule has 0 unspecified atom stereocenters. The summed E-state index contributed by atoms with van der Waals surface area (Å²) in [4.78, 5) is 4.71. The molecule has 0 saturated heterocycles. The first-order chi connectivity index (χ1) is 10.2. The molecule has 21 heavy (non-hydrogen) atoms. The molecule has 0 atom stereocenters. The zero-order valence-corrected chi connectivity index (χ0v) is 12.3. The van der Waals surface area contributed by atoms with Crippen LogP contribution >= 0.6 is 0 Å². The Bertz CT molecular complexity index is 768. The van der Waals surface area contributed by atoms with Crippen LogP contribution < -0.4 is 4.72 Å². The maximum Gasteiger partial charge on any atom is 0.263 e. The molecule has 5 heteroatoms. The Morgan fingerprint density at radius 2 is 1.67 bits per heavy atom. The molecule has 1 N–H and O–H groups in total. The highest BCUT2D eigenvalue weighted by Gasteiger charge is 2.29. The molecule has 0 aliphatic carbocycles. The van der Waals surface area contributed by atoms with Crippen LogP contribution in [0.3, 0.4) is 0 Å². The van der Waals surface area contributed by atoms with E-state index in [1.165, 1.54) is 5.56 Å². The molecule has 0 bridgehead atoms. The summed E-state index contributed by atoms with van der Waals surface area (Å²) in [6, 6.07) is 17.1. The Labute approximate surface area is 124 Å². The van der Waals surface area contributed by atoms with Gasteiger partial charge in [0.25, 0.3) is 10.0 Å². The summed E-state index contributed by atoms with van der Waals surface area (Å²) in [5, 5.41) is 0. The SMILES string of the molecule is O=S1(=O)NC(=NCCCc2ccccc2)c2ccccc21. The van der Waals surface area contributed by atoms with E-state index in [0.29, 0.717) is 22.8 Å². The number of nitrogens with zero attached hydrogens (tertiary/aromatic N) is 1. The van der Waals surface area contributed by atoms with Crippen molar-refractivity contribution in [1.82, 2.24) is 4.72 Å². The van der Waals surface area contributed by atoms with Crippen LogP contribution in [0.1, 0.15) is 17.5 Å². The van der Waals surface area contributed by atoms with Crippen molar-refractivity contribution in [3.8, 4) is 0 Å². The predicted octanol–water partition coefficient (Wildman–Crippen LogP) is 2.36. The number of hydrogen-bond donors (Lipinski definition) is 1. The van der Waals surface area contributed by atoms with Crippen molar-refractivity contribution < 1.29 is 8.42 Å². The molecular formula is C16H16N2O2S. The van der Waals surface area contributed by atoms with Gasteiger partial charge in [-0.05, 0) is 30.5 Å². The fourth-order valence-corrected chi connectivity index (χ4v) is 3.62. The van der Waals surface area contributed by atoms with E-state index in [-0.39, 0.29) is 0 Å². The monoisotopic (exact) mass is 300 g/mol. The van der Waals surface area contributed by atoms with Gasteiger partial charge >= 0.3 is 0 Å². The average molecular weight is 300 g/mol. The summed E-state index contributed by atoms with van der Waals surface area (Å²) in [5.41, 5.74) is 1.93. The van der Waals surface area contributed by atoms with E-state index in [2.05, 4.69) is 21.8 Å². The minimum absolute atomic E-state index is 0.312. The van der Waals surface area contributed by atoms with E-state index in [1.807, 2.05) is 24.3 Å². The van der Waals surface area contributed by atoms with Crippen LogP contribution in [0.15, 0.2) is 64.5 Å². The average Bonchev–Trinajstić information content (AvgIpc) is 2.77. The van der Waals surface area contributed by atoms with E-state index in [1.54, 1.807) is 18.2 Å². The van der Waals surface area contributed by atoms with Crippen molar-refractivity contribution in [2.75, 3.05) is 6.54 Å². The lowest BCUT2D eigenvalue weighted by atomic mass is 10.1. The molecular weight excluding hydrogens is 284 g/mol. The third-order valence-corrected chi connectivity index (χ3v) is 4.80. The Balaban J connectivity index is 1.68. The first-order valence-corrected chi connectivity index (χ1v) is 8.36. The molecule has 0 radical (unpaired) electrons. The van der Waals surface area contributed by atoms with Gasteiger partial charge in [-0.25, -0.2) is 8.42 Å². The van der Waals surface area contributed by atoms with Crippen molar-refractivity contribution in [2.24, 2.45) is 4.99 Å². The molecule has 3 rings (SSSR count). The largest absolute Gasteiger partial charge is 0.267 e. The number of rotatable bonds is 4. The molecule has 2 aromatic rings. The topological polar surface area (TPSA) is 58.5 Å². The molecule has 108 valence electrons. The second kappa shape index (κ2) is 5.69. The van der Waals surface area contributed by atoms with Crippen LogP contribution in [0.25, 0.3) is 0 Å². The summed E-state index contributed by atoms with van der Waals surface area (Å²) in [6.45, 7) is 0.598. The van der Waals surface area contributed by atoms with Crippen molar-refractivity contribution in [3.63, 3.8) is 0 Å². The van der Waals surface area contributed by atoms with Crippen LogP contribution in [0.4, 0.5) is 0 Å². The third kappa shape index (κ3) is 2.97. The third-order valence-electron chi connectivity index (χ3n) is 3.40. The van der Waals surface area contributed by atoms with Gasteiger partial charge in [-0.1, -0.05) is 42.5 Å². The van der Waals surface area contributed by atoms with Gasteiger partial charge in [0.2, 0.25) is 0 Å². The predicted molar refractivity (Wildman–Crippen MR) is 82.9 cm³/mol. The van der Waals surface area contributed by atoms with Gasteiger partial charge in [0.05, 0.1) is 4.90 Å². The normalized spacial score (nSPS) is 17.4. The maximum atomic E-state index is 11.9. The summed E-state index contributed by atoms with van der Waals surface area (Å²) in [6.07, 6.45) is 1.82. The lowest BCUT2D eigenvalue weighted by Gasteiger charge is -2.00. The molecule has 4 nitrogen and oxygen atoms in total. The number of nitrogens with one attached hydrogen (secondary N) is 1. The number of aliphatic imine (C=N–C) groups is 1. The summed E-state index contributed by atoms with van der Waals surface area (Å²) in [7, 11) is -3.42. The van der Waals surface area contributed by atoms with Gasteiger partial charge in [-0.2, -0.15) is 0 Å². The Morgan fingerprint density at radius 1 is 0.952 bits per heavy atom.